The fourth-order valence-corrected chi connectivity index (χ4v) is 2.88. The van der Waals surface area contributed by atoms with E-state index < -0.39 is 35.3 Å². The summed E-state index contributed by atoms with van der Waals surface area (Å²) < 4.78 is 15.3. The van der Waals surface area contributed by atoms with Crippen LogP contribution in [0.2, 0.25) is 0 Å². The van der Waals surface area contributed by atoms with Crippen LogP contribution in [0.15, 0.2) is 30.3 Å². The molecule has 1 aliphatic heterocycles. The van der Waals surface area contributed by atoms with Gasteiger partial charge < -0.3 is 14.2 Å². The molecule has 124 valence electrons. The molecule has 1 aromatic rings. The van der Waals surface area contributed by atoms with E-state index in [0.29, 0.717) is 5.56 Å². The third-order valence-electron chi connectivity index (χ3n) is 3.89. The molecule has 0 radical (unpaired) electrons. The van der Waals surface area contributed by atoms with Crippen molar-refractivity contribution in [1.82, 2.24) is 0 Å². The number of carbonyl (C=O) groups is 3. The Hall–Kier alpha value is -2.37. The molecule has 0 spiro atoms. The number of esters is 3. The Bertz CT molecular complexity index is 576. The van der Waals surface area contributed by atoms with Gasteiger partial charge in [0.2, 0.25) is 0 Å². The smallest absolute Gasteiger partial charge is 0.363 e. The fourth-order valence-electron chi connectivity index (χ4n) is 2.88. The molecule has 1 saturated heterocycles. The van der Waals surface area contributed by atoms with Gasteiger partial charge in [-0.15, -0.1) is 0 Å². The van der Waals surface area contributed by atoms with Gasteiger partial charge in [-0.2, -0.15) is 0 Å². The summed E-state index contributed by atoms with van der Waals surface area (Å²) in [6, 6.07) is 8.84. The van der Waals surface area contributed by atoms with Gasteiger partial charge >= 0.3 is 23.5 Å². The maximum Gasteiger partial charge on any atom is 0.363 e. The lowest BCUT2D eigenvalue weighted by Crippen LogP contribution is -2.53. The quantitative estimate of drug-likeness (QED) is 0.468. The predicted octanol–water partition coefficient (Wildman–Crippen LogP) is 1.83. The fraction of sp³-hybridized carbons (Fsp3) is 0.471. The van der Waals surface area contributed by atoms with Crippen molar-refractivity contribution in [3.8, 4) is 0 Å². The molecule has 1 aliphatic rings. The second-order valence-electron chi connectivity index (χ2n) is 5.27. The van der Waals surface area contributed by atoms with Crippen LogP contribution in [-0.2, 0) is 28.6 Å². The summed E-state index contributed by atoms with van der Waals surface area (Å²) in [5, 5.41) is 0. The Morgan fingerprint density at radius 1 is 1.09 bits per heavy atom. The van der Waals surface area contributed by atoms with Crippen molar-refractivity contribution in [3.05, 3.63) is 35.9 Å². The van der Waals surface area contributed by atoms with Gasteiger partial charge in [0.25, 0.3) is 0 Å². The highest BCUT2D eigenvalue weighted by molar-refractivity contribution is 6.09. The van der Waals surface area contributed by atoms with Crippen LogP contribution in [-0.4, -0.2) is 36.7 Å². The van der Waals surface area contributed by atoms with Gasteiger partial charge in [0, 0.05) is 0 Å². The Balaban J connectivity index is 2.58. The van der Waals surface area contributed by atoms with Crippen molar-refractivity contribution in [1.29, 1.82) is 0 Å². The average Bonchev–Trinajstić information content (AvgIpc) is 2.81. The largest absolute Gasteiger partial charge is 0.463 e. The van der Waals surface area contributed by atoms with Gasteiger partial charge in [0.05, 0.1) is 25.0 Å². The summed E-state index contributed by atoms with van der Waals surface area (Å²) >= 11 is 0. The minimum atomic E-state index is -2.09. The molecule has 1 heterocycles. The topological polar surface area (TPSA) is 78.9 Å². The molecule has 0 saturated carbocycles. The third kappa shape index (κ3) is 2.81. The van der Waals surface area contributed by atoms with Crippen molar-refractivity contribution in [3.63, 3.8) is 0 Å². The molecule has 23 heavy (non-hydrogen) atoms. The SMILES string of the molecule is CCOC(=O)C1(C(=O)OCC)OC(=O)[C@@H](C)[C@H]1c1ccccc1. The van der Waals surface area contributed by atoms with E-state index in [0.717, 1.165) is 0 Å². The second kappa shape index (κ2) is 6.81. The van der Waals surface area contributed by atoms with E-state index in [1.54, 1.807) is 45.0 Å². The number of hydrogen-bond donors (Lipinski definition) is 0. The van der Waals surface area contributed by atoms with Crippen LogP contribution >= 0.6 is 0 Å². The summed E-state index contributed by atoms with van der Waals surface area (Å²) in [6.45, 7) is 4.99. The van der Waals surface area contributed by atoms with Gasteiger partial charge in [-0.25, -0.2) is 9.59 Å². The van der Waals surface area contributed by atoms with E-state index in [1.807, 2.05) is 6.07 Å². The van der Waals surface area contributed by atoms with Gasteiger partial charge in [0.15, 0.2) is 0 Å². The Kier molecular flexibility index (Phi) is 5.03. The number of cyclic esters (lactones) is 1. The Morgan fingerprint density at radius 2 is 1.61 bits per heavy atom. The number of carbonyl (C=O) groups excluding carboxylic acids is 3. The zero-order chi connectivity index (χ0) is 17.0. The summed E-state index contributed by atoms with van der Waals surface area (Å²) in [4.78, 5) is 37.3. The van der Waals surface area contributed by atoms with Crippen molar-refractivity contribution in [2.45, 2.75) is 32.3 Å². The zero-order valence-electron chi connectivity index (χ0n) is 13.4. The first-order valence-corrected chi connectivity index (χ1v) is 7.61. The van der Waals surface area contributed by atoms with Crippen LogP contribution in [0.3, 0.4) is 0 Å². The first-order valence-electron chi connectivity index (χ1n) is 7.61. The van der Waals surface area contributed by atoms with Gasteiger partial charge in [0.1, 0.15) is 0 Å². The van der Waals surface area contributed by atoms with Crippen molar-refractivity contribution >= 4 is 17.9 Å². The molecule has 0 amide bonds. The molecule has 0 N–H and O–H groups in total. The molecular weight excluding hydrogens is 300 g/mol. The van der Waals surface area contributed by atoms with Crippen LogP contribution < -0.4 is 0 Å². The lowest BCUT2D eigenvalue weighted by atomic mass is 9.76. The average molecular weight is 320 g/mol. The van der Waals surface area contributed by atoms with Gasteiger partial charge in [-0.1, -0.05) is 37.3 Å². The maximum atomic E-state index is 12.6. The minimum Gasteiger partial charge on any atom is -0.463 e. The molecule has 6 heteroatoms. The minimum absolute atomic E-state index is 0.0629. The summed E-state index contributed by atoms with van der Waals surface area (Å²) in [5.74, 6) is -3.89. The van der Waals surface area contributed by atoms with Gasteiger partial charge in [-0.3, -0.25) is 4.79 Å². The molecule has 0 aliphatic carbocycles. The van der Waals surface area contributed by atoms with E-state index in [2.05, 4.69) is 0 Å². The predicted molar refractivity (Wildman–Crippen MR) is 80.4 cm³/mol. The zero-order valence-corrected chi connectivity index (χ0v) is 13.4. The molecule has 6 nitrogen and oxygen atoms in total. The number of rotatable bonds is 5. The monoisotopic (exact) mass is 320 g/mol. The Morgan fingerprint density at radius 3 is 2.09 bits per heavy atom. The first kappa shape index (κ1) is 17.0. The van der Waals surface area contributed by atoms with Crippen molar-refractivity contribution in [2.24, 2.45) is 5.92 Å². The first-order chi connectivity index (χ1) is 11.0. The lowest BCUT2D eigenvalue weighted by Gasteiger charge is -2.29. The van der Waals surface area contributed by atoms with E-state index in [1.165, 1.54) is 0 Å². The molecule has 2 rings (SSSR count). The van der Waals surface area contributed by atoms with E-state index >= 15 is 0 Å². The second-order valence-corrected chi connectivity index (χ2v) is 5.27. The van der Waals surface area contributed by atoms with Crippen molar-refractivity contribution in [2.75, 3.05) is 13.2 Å². The van der Waals surface area contributed by atoms with Crippen LogP contribution in [0.1, 0.15) is 32.3 Å². The summed E-state index contributed by atoms with van der Waals surface area (Å²) in [6.07, 6.45) is 0. The van der Waals surface area contributed by atoms with Crippen molar-refractivity contribution < 1.29 is 28.6 Å². The highest BCUT2D eigenvalue weighted by atomic mass is 16.6. The van der Waals surface area contributed by atoms with Crippen LogP contribution in [0.5, 0.6) is 0 Å². The summed E-state index contributed by atoms with van der Waals surface area (Å²) in [7, 11) is 0. The van der Waals surface area contributed by atoms with Crippen LogP contribution in [0, 0.1) is 5.92 Å². The number of hydrogen-bond acceptors (Lipinski definition) is 6. The van der Waals surface area contributed by atoms with E-state index in [4.69, 9.17) is 14.2 Å². The molecular formula is C17H20O6. The summed E-state index contributed by atoms with van der Waals surface area (Å²) in [5.41, 5.74) is -1.45. The normalized spacial score (nSPS) is 22.3. The molecule has 0 aromatic heterocycles. The highest BCUT2D eigenvalue weighted by Crippen LogP contribution is 2.46. The lowest BCUT2D eigenvalue weighted by molar-refractivity contribution is -0.190. The molecule has 1 aromatic carbocycles. The van der Waals surface area contributed by atoms with Crippen LogP contribution in [0.25, 0.3) is 0 Å². The van der Waals surface area contributed by atoms with Gasteiger partial charge in [-0.05, 0) is 19.4 Å². The molecule has 0 bridgehead atoms. The molecule has 2 atom stereocenters. The number of ether oxygens (including phenoxy) is 3. The maximum absolute atomic E-state index is 12.6. The standard InChI is InChI=1S/C17H20O6/c1-4-21-15(19)17(16(20)22-5-2)13(11(3)14(18)23-17)12-9-7-6-8-10-12/h6-11,13H,4-5H2,1-3H3/t11-,13-/m0/s1. The van der Waals surface area contributed by atoms with E-state index in [9.17, 15) is 14.4 Å². The third-order valence-corrected chi connectivity index (χ3v) is 3.89. The molecule has 1 fully saturated rings. The number of benzene rings is 1. The highest BCUT2D eigenvalue weighted by Gasteiger charge is 2.66. The van der Waals surface area contributed by atoms with Crippen LogP contribution in [0.4, 0.5) is 0 Å². The van der Waals surface area contributed by atoms with E-state index in [-0.39, 0.29) is 13.2 Å². The molecule has 0 unspecified atom stereocenters. The Labute approximate surface area is 134 Å².